The van der Waals surface area contributed by atoms with Crippen LogP contribution in [0.15, 0.2) is 12.5 Å². The molecule has 0 fully saturated rings. The summed E-state index contributed by atoms with van der Waals surface area (Å²) in [6, 6.07) is 0. The molecule has 0 aliphatic heterocycles. The van der Waals surface area contributed by atoms with E-state index < -0.39 is 0 Å². The van der Waals surface area contributed by atoms with E-state index in [4.69, 9.17) is 9.84 Å². The molecule has 1 rings (SSSR count). The third kappa shape index (κ3) is 3.57. The van der Waals surface area contributed by atoms with E-state index in [1.165, 1.54) is 0 Å². The summed E-state index contributed by atoms with van der Waals surface area (Å²) in [5, 5.41) is 8.76. The molecule has 0 aliphatic carbocycles. The van der Waals surface area contributed by atoms with E-state index >= 15 is 0 Å². The van der Waals surface area contributed by atoms with Crippen molar-refractivity contribution in [2.45, 2.75) is 33.1 Å². The molecule has 1 aromatic rings. The van der Waals surface area contributed by atoms with Crippen LogP contribution in [0.2, 0.25) is 0 Å². The van der Waals surface area contributed by atoms with Gasteiger partial charge in [0.05, 0.1) is 31.3 Å². The number of aliphatic hydroxyl groups is 1. The van der Waals surface area contributed by atoms with Crippen molar-refractivity contribution in [3.8, 4) is 0 Å². The molecular formula is C9H16N2O2. The molecule has 0 saturated heterocycles. The van der Waals surface area contributed by atoms with Crippen LogP contribution in [0.25, 0.3) is 0 Å². The molecule has 74 valence electrons. The average molecular weight is 184 g/mol. The highest BCUT2D eigenvalue weighted by Gasteiger charge is 1.97. The number of aromatic nitrogens is 2. The fourth-order valence-electron chi connectivity index (χ4n) is 1.00. The average Bonchev–Trinajstić information content (AvgIpc) is 2.52. The number of nitrogens with zero attached hydrogens (tertiary/aromatic N) is 2. The highest BCUT2D eigenvalue weighted by atomic mass is 16.5. The van der Waals surface area contributed by atoms with Gasteiger partial charge in [0.1, 0.15) is 0 Å². The molecule has 0 bridgehead atoms. The molecule has 0 spiro atoms. The zero-order valence-corrected chi connectivity index (χ0v) is 8.10. The first-order valence-corrected chi connectivity index (χ1v) is 4.45. The maximum absolute atomic E-state index is 8.76. The van der Waals surface area contributed by atoms with Gasteiger partial charge in [0, 0.05) is 12.7 Å². The van der Waals surface area contributed by atoms with E-state index in [-0.39, 0.29) is 12.7 Å². The monoisotopic (exact) mass is 184 g/mol. The van der Waals surface area contributed by atoms with E-state index in [1.54, 1.807) is 6.33 Å². The summed E-state index contributed by atoms with van der Waals surface area (Å²) in [6.45, 7) is 5.47. The lowest BCUT2D eigenvalue weighted by atomic mass is 10.5. The Bertz CT molecular complexity index is 246. The molecule has 0 aliphatic rings. The number of imidazole rings is 1. The van der Waals surface area contributed by atoms with Crippen molar-refractivity contribution in [2.75, 3.05) is 6.61 Å². The summed E-state index contributed by atoms with van der Waals surface area (Å²) < 4.78 is 7.29. The Labute approximate surface area is 78.2 Å². The van der Waals surface area contributed by atoms with Crippen LogP contribution in [0.1, 0.15) is 19.5 Å². The lowest BCUT2D eigenvalue weighted by molar-refractivity contribution is 0.0727. The minimum absolute atomic E-state index is 0.00195. The lowest BCUT2D eigenvalue weighted by Crippen LogP contribution is -2.09. The van der Waals surface area contributed by atoms with Crippen molar-refractivity contribution in [3.05, 3.63) is 18.2 Å². The van der Waals surface area contributed by atoms with Crippen LogP contribution in [-0.4, -0.2) is 27.4 Å². The second-order valence-electron chi connectivity index (χ2n) is 3.18. The Morgan fingerprint density at radius 3 is 2.92 bits per heavy atom. The maximum atomic E-state index is 8.76. The Morgan fingerprint density at radius 2 is 2.38 bits per heavy atom. The summed E-state index contributed by atoms with van der Waals surface area (Å²) in [7, 11) is 0. The van der Waals surface area contributed by atoms with Gasteiger partial charge in [-0.15, -0.1) is 0 Å². The lowest BCUT2D eigenvalue weighted by Gasteiger charge is -2.07. The van der Waals surface area contributed by atoms with Crippen molar-refractivity contribution in [2.24, 2.45) is 0 Å². The number of hydrogen-bond acceptors (Lipinski definition) is 3. The minimum Gasteiger partial charge on any atom is -0.390 e. The predicted octanol–water partition coefficient (Wildman–Crippen LogP) is 0.800. The highest BCUT2D eigenvalue weighted by Crippen LogP contribution is 1.96. The summed E-state index contributed by atoms with van der Waals surface area (Å²) >= 11 is 0. The molecule has 0 unspecified atom stereocenters. The summed E-state index contributed by atoms with van der Waals surface area (Å²) in [5.74, 6) is 0. The van der Waals surface area contributed by atoms with Gasteiger partial charge >= 0.3 is 0 Å². The highest BCUT2D eigenvalue weighted by molar-refractivity contribution is 4.93. The topological polar surface area (TPSA) is 47.3 Å². The van der Waals surface area contributed by atoms with Gasteiger partial charge in [0.2, 0.25) is 0 Å². The largest absolute Gasteiger partial charge is 0.390 e. The molecule has 4 heteroatoms. The van der Waals surface area contributed by atoms with Crippen LogP contribution in [0, 0.1) is 0 Å². The summed E-state index contributed by atoms with van der Waals surface area (Å²) in [6.07, 6.45) is 3.79. The van der Waals surface area contributed by atoms with Crippen molar-refractivity contribution < 1.29 is 9.84 Å². The van der Waals surface area contributed by atoms with Gasteiger partial charge in [0.15, 0.2) is 0 Å². The summed E-state index contributed by atoms with van der Waals surface area (Å²) in [4.78, 5) is 3.99. The molecular weight excluding hydrogens is 168 g/mol. The Kier molecular flexibility index (Phi) is 3.92. The quantitative estimate of drug-likeness (QED) is 0.736. The van der Waals surface area contributed by atoms with Crippen LogP contribution in [0.3, 0.4) is 0 Å². The van der Waals surface area contributed by atoms with Crippen LogP contribution in [0.5, 0.6) is 0 Å². The van der Waals surface area contributed by atoms with Crippen molar-refractivity contribution in [1.29, 1.82) is 0 Å². The maximum Gasteiger partial charge on any atom is 0.0951 e. The number of aliphatic hydroxyl groups excluding tert-OH is 1. The Hall–Kier alpha value is -0.870. The van der Waals surface area contributed by atoms with Gasteiger partial charge in [-0.3, -0.25) is 0 Å². The van der Waals surface area contributed by atoms with E-state index in [0.717, 1.165) is 6.54 Å². The molecule has 1 aromatic heterocycles. The van der Waals surface area contributed by atoms with Crippen molar-refractivity contribution in [1.82, 2.24) is 9.55 Å². The third-order valence-corrected chi connectivity index (χ3v) is 1.65. The third-order valence-electron chi connectivity index (χ3n) is 1.65. The van der Waals surface area contributed by atoms with Crippen molar-refractivity contribution in [3.63, 3.8) is 0 Å². The smallest absolute Gasteiger partial charge is 0.0951 e. The van der Waals surface area contributed by atoms with Gasteiger partial charge < -0.3 is 14.4 Å². The molecule has 1 N–H and O–H groups in total. The van der Waals surface area contributed by atoms with Gasteiger partial charge in [-0.2, -0.15) is 0 Å². The standard InChI is InChI=1S/C9H16N2O2/c1-8(2)13-4-3-11-5-9(6-12)10-7-11/h5,7-8,12H,3-4,6H2,1-2H3. The predicted molar refractivity (Wildman–Crippen MR) is 49.2 cm³/mol. The number of hydrogen-bond donors (Lipinski definition) is 1. The molecule has 1 heterocycles. The first-order valence-electron chi connectivity index (χ1n) is 4.45. The fourth-order valence-corrected chi connectivity index (χ4v) is 1.00. The van der Waals surface area contributed by atoms with Crippen LogP contribution in [0.4, 0.5) is 0 Å². The first kappa shape index (κ1) is 10.2. The first-order chi connectivity index (χ1) is 6.22. The van der Waals surface area contributed by atoms with Gasteiger partial charge in [0.25, 0.3) is 0 Å². The molecule has 0 radical (unpaired) electrons. The van der Waals surface area contributed by atoms with E-state index in [1.807, 2.05) is 24.6 Å². The van der Waals surface area contributed by atoms with Crippen LogP contribution in [-0.2, 0) is 17.9 Å². The van der Waals surface area contributed by atoms with E-state index in [0.29, 0.717) is 12.3 Å². The molecule has 4 nitrogen and oxygen atoms in total. The zero-order valence-electron chi connectivity index (χ0n) is 8.10. The van der Waals surface area contributed by atoms with Crippen LogP contribution < -0.4 is 0 Å². The normalized spacial score (nSPS) is 11.1. The SMILES string of the molecule is CC(C)OCCn1cnc(CO)c1. The van der Waals surface area contributed by atoms with Crippen molar-refractivity contribution >= 4 is 0 Å². The second-order valence-corrected chi connectivity index (χ2v) is 3.18. The minimum atomic E-state index is -0.00195. The van der Waals surface area contributed by atoms with Crippen LogP contribution >= 0.6 is 0 Å². The van der Waals surface area contributed by atoms with Gasteiger partial charge in [-0.05, 0) is 13.8 Å². The molecule has 0 aromatic carbocycles. The molecule has 0 saturated carbocycles. The summed E-state index contributed by atoms with van der Waals surface area (Å²) in [5.41, 5.74) is 0.699. The second kappa shape index (κ2) is 4.99. The molecule has 13 heavy (non-hydrogen) atoms. The number of rotatable bonds is 5. The van der Waals surface area contributed by atoms with E-state index in [9.17, 15) is 0 Å². The van der Waals surface area contributed by atoms with Gasteiger partial charge in [-0.1, -0.05) is 0 Å². The number of ether oxygens (including phenoxy) is 1. The van der Waals surface area contributed by atoms with Gasteiger partial charge in [-0.25, -0.2) is 4.98 Å². The fraction of sp³-hybridized carbons (Fsp3) is 0.667. The zero-order chi connectivity index (χ0) is 9.68. The van der Waals surface area contributed by atoms with E-state index in [2.05, 4.69) is 4.98 Å². The Morgan fingerprint density at radius 1 is 1.62 bits per heavy atom. The molecule has 0 atom stereocenters. The molecule has 0 amide bonds. The Balaban J connectivity index is 2.28.